The molecule has 2 rings (SSSR count). The molecule has 0 spiro atoms. The van der Waals surface area contributed by atoms with E-state index in [0.717, 1.165) is 42.7 Å². The van der Waals surface area contributed by atoms with Crippen molar-refractivity contribution in [1.29, 1.82) is 0 Å². The van der Waals surface area contributed by atoms with Gasteiger partial charge in [0.25, 0.3) is 0 Å². The number of nitrogens with zero attached hydrogens (tertiary/aromatic N) is 1. The van der Waals surface area contributed by atoms with E-state index >= 15 is 0 Å². The van der Waals surface area contributed by atoms with Crippen LogP contribution in [0.25, 0.3) is 0 Å². The zero-order valence-corrected chi connectivity index (χ0v) is 14.0. The maximum Gasteiger partial charge on any atom is 0.119 e. The Morgan fingerprint density at radius 3 is 2.50 bits per heavy atom. The molecule has 0 radical (unpaired) electrons. The monoisotopic (exact) mass is 307 g/mol. The molecule has 1 saturated carbocycles. The minimum atomic E-state index is -0.524. The standard InChI is InChI=1S/C18H29NO3/c1-13-7-14(2)9-17(8-13)22-12-16(20)11-19(3)10-15-5-4-6-18(15)21/h7-9,15-16,18,20-21H,4-6,10-12H2,1-3H3. The molecule has 3 atom stereocenters. The Labute approximate surface area is 133 Å². The molecule has 4 nitrogen and oxygen atoms in total. The highest BCUT2D eigenvalue weighted by Gasteiger charge is 2.26. The van der Waals surface area contributed by atoms with E-state index in [1.54, 1.807) is 0 Å². The average Bonchev–Trinajstić information content (AvgIpc) is 2.81. The maximum absolute atomic E-state index is 10.1. The van der Waals surface area contributed by atoms with Gasteiger partial charge in [0.1, 0.15) is 18.5 Å². The van der Waals surface area contributed by atoms with Gasteiger partial charge in [0.15, 0.2) is 0 Å². The third kappa shape index (κ3) is 5.27. The van der Waals surface area contributed by atoms with Crippen molar-refractivity contribution in [1.82, 2.24) is 4.90 Å². The summed E-state index contributed by atoms with van der Waals surface area (Å²) < 4.78 is 5.70. The molecule has 0 saturated heterocycles. The van der Waals surface area contributed by atoms with Gasteiger partial charge < -0.3 is 19.8 Å². The Morgan fingerprint density at radius 2 is 1.91 bits per heavy atom. The quantitative estimate of drug-likeness (QED) is 0.810. The number of rotatable bonds is 7. The molecule has 1 fully saturated rings. The molecule has 1 aliphatic carbocycles. The highest BCUT2D eigenvalue weighted by Crippen LogP contribution is 2.26. The van der Waals surface area contributed by atoms with Crippen LogP contribution in [-0.2, 0) is 0 Å². The van der Waals surface area contributed by atoms with Gasteiger partial charge in [-0.2, -0.15) is 0 Å². The van der Waals surface area contributed by atoms with Crippen LogP contribution in [0.1, 0.15) is 30.4 Å². The Bertz CT molecular complexity index is 457. The lowest BCUT2D eigenvalue weighted by Crippen LogP contribution is -2.37. The molecule has 0 aliphatic heterocycles. The van der Waals surface area contributed by atoms with Crippen LogP contribution in [0, 0.1) is 19.8 Å². The van der Waals surface area contributed by atoms with E-state index in [1.807, 2.05) is 33.0 Å². The summed E-state index contributed by atoms with van der Waals surface area (Å²) in [5, 5.41) is 20.0. The Morgan fingerprint density at radius 1 is 1.23 bits per heavy atom. The fourth-order valence-corrected chi connectivity index (χ4v) is 3.33. The molecule has 1 aliphatic rings. The van der Waals surface area contributed by atoms with Crippen LogP contribution in [0.15, 0.2) is 18.2 Å². The van der Waals surface area contributed by atoms with Crippen molar-refractivity contribution in [2.24, 2.45) is 5.92 Å². The van der Waals surface area contributed by atoms with Gasteiger partial charge in [-0.3, -0.25) is 0 Å². The van der Waals surface area contributed by atoms with E-state index in [4.69, 9.17) is 4.74 Å². The van der Waals surface area contributed by atoms with E-state index in [0.29, 0.717) is 19.1 Å². The summed E-state index contributed by atoms with van der Waals surface area (Å²) in [6.45, 7) is 5.77. The van der Waals surface area contributed by atoms with Gasteiger partial charge in [0.05, 0.1) is 6.10 Å². The summed E-state index contributed by atoms with van der Waals surface area (Å²) in [5.74, 6) is 1.16. The number of aliphatic hydroxyl groups excluding tert-OH is 2. The van der Waals surface area contributed by atoms with Gasteiger partial charge in [-0.25, -0.2) is 0 Å². The second kappa shape index (κ2) is 7.95. The lowest BCUT2D eigenvalue weighted by molar-refractivity contribution is 0.0578. The second-order valence-corrected chi connectivity index (χ2v) is 6.77. The maximum atomic E-state index is 10.1. The Balaban J connectivity index is 1.73. The molecule has 1 aromatic carbocycles. The van der Waals surface area contributed by atoms with Gasteiger partial charge in [-0.1, -0.05) is 12.5 Å². The molecule has 0 aromatic heterocycles. The number of benzene rings is 1. The van der Waals surface area contributed by atoms with Crippen LogP contribution in [-0.4, -0.2) is 54.1 Å². The molecule has 124 valence electrons. The number of likely N-dealkylation sites (N-methyl/N-ethyl adjacent to an activating group) is 1. The Hall–Kier alpha value is -1.10. The van der Waals surface area contributed by atoms with Crippen LogP contribution in [0.5, 0.6) is 5.75 Å². The molecule has 22 heavy (non-hydrogen) atoms. The van der Waals surface area contributed by atoms with Crippen LogP contribution < -0.4 is 4.74 Å². The zero-order chi connectivity index (χ0) is 16.1. The summed E-state index contributed by atoms with van der Waals surface area (Å²) in [6.07, 6.45) is 2.41. The third-order valence-electron chi connectivity index (χ3n) is 4.33. The molecule has 4 heteroatoms. The fraction of sp³-hybridized carbons (Fsp3) is 0.667. The normalized spacial score (nSPS) is 23.0. The van der Waals surface area contributed by atoms with Crippen LogP contribution in [0.4, 0.5) is 0 Å². The van der Waals surface area contributed by atoms with E-state index in [2.05, 4.69) is 11.0 Å². The first kappa shape index (κ1) is 17.3. The van der Waals surface area contributed by atoms with Gasteiger partial charge in [0, 0.05) is 13.1 Å². The van der Waals surface area contributed by atoms with E-state index in [1.165, 1.54) is 0 Å². The molecule has 0 heterocycles. The predicted octanol–water partition coefficient (Wildman–Crippen LogP) is 2.14. The Kier molecular flexibility index (Phi) is 6.24. The summed E-state index contributed by atoms with van der Waals surface area (Å²) in [7, 11) is 1.99. The van der Waals surface area contributed by atoms with Crippen molar-refractivity contribution in [3.63, 3.8) is 0 Å². The van der Waals surface area contributed by atoms with Crippen molar-refractivity contribution in [2.45, 2.75) is 45.3 Å². The summed E-state index contributed by atoms with van der Waals surface area (Å²) in [6, 6.07) is 6.07. The summed E-state index contributed by atoms with van der Waals surface area (Å²) >= 11 is 0. The van der Waals surface area contributed by atoms with Crippen LogP contribution in [0.3, 0.4) is 0 Å². The first-order chi connectivity index (χ1) is 10.4. The lowest BCUT2D eigenvalue weighted by Gasteiger charge is -2.25. The summed E-state index contributed by atoms with van der Waals surface area (Å²) in [4.78, 5) is 2.09. The van der Waals surface area contributed by atoms with E-state index in [-0.39, 0.29) is 6.10 Å². The van der Waals surface area contributed by atoms with Gasteiger partial charge in [-0.15, -0.1) is 0 Å². The topological polar surface area (TPSA) is 52.9 Å². The largest absolute Gasteiger partial charge is 0.491 e. The molecule has 2 N–H and O–H groups in total. The van der Waals surface area contributed by atoms with Crippen molar-refractivity contribution < 1.29 is 14.9 Å². The minimum Gasteiger partial charge on any atom is -0.491 e. The minimum absolute atomic E-state index is 0.175. The number of aliphatic hydroxyl groups is 2. The SMILES string of the molecule is Cc1cc(C)cc(OCC(O)CN(C)CC2CCCC2O)c1. The van der Waals surface area contributed by atoms with Gasteiger partial charge in [0.2, 0.25) is 0 Å². The number of hydrogen-bond acceptors (Lipinski definition) is 4. The van der Waals surface area contributed by atoms with Crippen molar-refractivity contribution in [3.05, 3.63) is 29.3 Å². The molecule has 3 unspecified atom stereocenters. The molecular formula is C18H29NO3. The molecule has 1 aromatic rings. The number of hydrogen-bond donors (Lipinski definition) is 2. The molecule has 0 bridgehead atoms. The molecule has 0 amide bonds. The third-order valence-corrected chi connectivity index (χ3v) is 4.33. The number of ether oxygens (including phenoxy) is 1. The van der Waals surface area contributed by atoms with Crippen molar-refractivity contribution in [3.8, 4) is 5.75 Å². The van der Waals surface area contributed by atoms with Gasteiger partial charge in [-0.05, 0) is 62.9 Å². The van der Waals surface area contributed by atoms with E-state index in [9.17, 15) is 10.2 Å². The van der Waals surface area contributed by atoms with Gasteiger partial charge >= 0.3 is 0 Å². The second-order valence-electron chi connectivity index (χ2n) is 6.77. The van der Waals surface area contributed by atoms with E-state index < -0.39 is 6.10 Å². The fourth-order valence-electron chi connectivity index (χ4n) is 3.33. The highest BCUT2D eigenvalue weighted by molar-refractivity contribution is 5.32. The van der Waals surface area contributed by atoms with Crippen LogP contribution in [0.2, 0.25) is 0 Å². The lowest BCUT2D eigenvalue weighted by atomic mass is 10.1. The molecular weight excluding hydrogens is 278 g/mol. The van der Waals surface area contributed by atoms with Crippen molar-refractivity contribution in [2.75, 3.05) is 26.7 Å². The first-order valence-corrected chi connectivity index (χ1v) is 8.20. The predicted molar refractivity (Wildman–Crippen MR) is 88.3 cm³/mol. The smallest absolute Gasteiger partial charge is 0.119 e. The summed E-state index contributed by atoms with van der Waals surface area (Å²) in [5.41, 5.74) is 2.33. The number of aryl methyl sites for hydroxylation is 2. The highest BCUT2D eigenvalue weighted by atomic mass is 16.5. The zero-order valence-electron chi connectivity index (χ0n) is 14.0. The average molecular weight is 307 g/mol. The van der Waals surface area contributed by atoms with Crippen molar-refractivity contribution >= 4 is 0 Å². The first-order valence-electron chi connectivity index (χ1n) is 8.20. The van der Waals surface area contributed by atoms with Crippen LogP contribution >= 0.6 is 0 Å².